The van der Waals surface area contributed by atoms with Crippen LogP contribution in [0.25, 0.3) is 0 Å². The molecule has 15 heavy (non-hydrogen) atoms. The van der Waals surface area contributed by atoms with Crippen LogP contribution in [0.5, 0.6) is 0 Å². The van der Waals surface area contributed by atoms with Gasteiger partial charge < -0.3 is 10.1 Å². The summed E-state index contributed by atoms with van der Waals surface area (Å²) >= 11 is 1.47. The number of nitrogens with zero attached hydrogens (tertiary/aromatic N) is 1. The summed E-state index contributed by atoms with van der Waals surface area (Å²) in [6.07, 6.45) is 0. The molecule has 0 aliphatic carbocycles. The van der Waals surface area contributed by atoms with Crippen LogP contribution in [0.15, 0.2) is 52.4 Å². The van der Waals surface area contributed by atoms with Crippen molar-refractivity contribution in [2.24, 2.45) is 0 Å². The fraction of sp³-hybridized carbons (Fsp3) is 0. The van der Waals surface area contributed by atoms with E-state index in [1.54, 1.807) is 6.07 Å². The van der Waals surface area contributed by atoms with Crippen molar-refractivity contribution in [2.45, 2.75) is 9.92 Å². The van der Waals surface area contributed by atoms with Gasteiger partial charge >= 0.3 is 5.82 Å². The largest absolute Gasteiger partial charge is 0.358 e. The molecule has 2 aromatic rings. The topological polar surface area (TPSA) is 58.9 Å². The Bertz CT molecular complexity index is 467. The third kappa shape index (κ3) is 2.38. The van der Waals surface area contributed by atoms with Crippen LogP contribution in [-0.4, -0.2) is 9.91 Å². The van der Waals surface area contributed by atoms with Gasteiger partial charge in [-0.3, -0.25) is 0 Å². The maximum Gasteiger partial charge on any atom is 0.321 e. The lowest BCUT2D eigenvalue weighted by atomic mass is 10.4. The molecule has 2 rings (SSSR count). The number of nitrogens with one attached hydrogen (secondary N) is 1. The summed E-state index contributed by atoms with van der Waals surface area (Å²) in [7, 11) is 0. The Labute approximate surface area is 90.5 Å². The molecular formula is C10H8N2O2S. The molecule has 1 aromatic carbocycles. The Morgan fingerprint density at radius 3 is 2.47 bits per heavy atom. The molecule has 1 N–H and O–H groups in total. The number of hydrogen-bond acceptors (Lipinski definition) is 3. The van der Waals surface area contributed by atoms with E-state index in [0.717, 1.165) is 9.92 Å². The van der Waals surface area contributed by atoms with E-state index in [1.165, 1.54) is 17.8 Å². The average molecular weight is 220 g/mol. The zero-order chi connectivity index (χ0) is 10.7. The normalized spacial score (nSPS) is 10.1. The molecule has 0 spiro atoms. The first kappa shape index (κ1) is 9.79. The molecular weight excluding hydrogens is 212 g/mol. The minimum Gasteiger partial charge on any atom is -0.358 e. The quantitative estimate of drug-likeness (QED) is 0.638. The van der Waals surface area contributed by atoms with Crippen LogP contribution >= 0.6 is 11.8 Å². The molecule has 0 atom stereocenters. The van der Waals surface area contributed by atoms with Crippen LogP contribution in [0.2, 0.25) is 0 Å². The van der Waals surface area contributed by atoms with E-state index in [4.69, 9.17) is 0 Å². The fourth-order valence-corrected chi connectivity index (χ4v) is 1.98. The molecule has 1 aromatic heterocycles. The van der Waals surface area contributed by atoms with Crippen LogP contribution < -0.4 is 0 Å². The lowest BCUT2D eigenvalue weighted by Crippen LogP contribution is -1.86. The highest BCUT2D eigenvalue weighted by Crippen LogP contribution is 2.27. The molecule has 4 nitrogen and oxygen atoms in total. The van der Waals surface area contributed by atoms with E-state index in [-0.39, 0.29) is 5.82 Å². The predicted molar refractivity (Wildman–Crippen MR) is 58.0 cm³/mol. The summed E-state index contributed by atoms with van der Waals surface area (Å²) < 4.78 is 0. The highest BCUT2D eigenvalue weighted by Gasteiger charge is 2.08. The lowest BCUT2D eigenvalue weighted by molar-refractivity contribution is -0.389. The Morgan fingerprint density at radius 1 is 1.13 bits per heavy atom. The lowest BCUT2D eigenvalue weighted by Gasteiger charge is -1.94. The minimum absolute atomic E-state index is 0.0217. The third-order valence-electron chi connectivity index (χ3n) is 1.81. The van der Waals surface area contributed by atoms with Gasteiger partial charge in [0, 0.05) is 17.0 Å². The monoisotopic (exact) mass is 220 g/mol. The van der Waals surface area contributed by atoms with Crippen LogP contribution in [0.4, 0.5) is 5.82 Å². The summed E-state index contributed by atoms with van der Waals surface area (Å²) in [4.78, 5) is 13.8. The molecule has 0 aliphatic rings. The van der Waals surface area contributed by atoms with Crippen molar-refractivity contribution in [1.82, 2.24) is 4.98 Å². The van der Waals surface area contributed by atoms with Crippen LogP contribution in [0.3, 0.4) is 0 Å². The van der Waals surface area contributed by atoms with Gasteiger partial charge in [0.2, 0.25) is 0 Å². The standard InChI is InChI=1S/C10H8N2O2S/c13-12(14)9-6-7-10(11-9)15-8-4-2-1-3-5-8/h1-7,11H. The first-order chi connectivity index (χ1) is 7.25. The number of H-pyrrole nitrogens is 1. The fourth-order valence-electron chi connectivity index (χ4n) is 1.15. The molecule has 0 radical (unpaired) electrons. The van der Waals surface area contributed by atoms with Crippen molar-refractivity contribution < 1.29 is 4.92 Å². The predicted octanol–water partition coefficient (Wildman–Crippen LogP) is 3.07. The smallest absolute Gasteiger partial charge is 0.321 e. The molecule has 0 saturated heterocycles. The van der Waals surface area contributed by atoms with Gasteiger partial charge in [-0.15, -0.1) is 0 Å². The van der Waals surface area contributed by atoms with Crippen molar-refractivity contribution in [3.8, 4) is 0 Å². The molecule has 0 fully saturated rings. The molecule has 0 bridgehead atoms. The Kier molecular flexibility index (Phi) is 2.73. The van der Waals surface area contributed by atoms with E-state index in [9.17, 15) is 10.1 Å². The first-order valence-electron chi connectivity index (χ1n) is 4.32. The average Bonchev–Trinajstić information content (AvgIpc) is 2.68. The van der Waals surface area contributed by atoms with Crippen LogP contribution in [0.1, 0.15) is 0 Å². The van der Waals surface area contributed by atoms with Crippen molar-refractivity contribution in [3.05, 3.63) is 52.6 Å². The molecule has 1 heterocycles. The maximum absolute atomic E-state index is 10.4. The second-order valence-corrected chi connectivity index (χ2v) is 4.00. The molecule has 0 saturated carbocycles. The molecule has 76 valence electrons. The Hall–Kier alpha value is -1.75. The van der Waals surface area contributed by atoms with E-state index in [0.29, 0.717) is 0 Å². The summed E-state index contributed by atoms with van der Waals surface area (Å²) in [6, 6.07) is 12.9. The van der Waals surface area contributed by atoms with Gasteiger partial charge in [-0.1, -0.05) is 18.2 Å². The molecule has 0 aliphatic heterocycles. The number of benzene rings is 1. The highest BCUT2D eigenvalue weighted by atomic mass is 32.2. The summed E-state index contributed by atoms with van der Waals surface area (Å²) in [5.74, 6) is 0.0217. The second-order valence-electron chi connectivity index (χ2n) is 2.88. The molecule has 0 unspecified atom stereocenters. The highest BCUT2D eigenvalue weighted by molar-refractivity contribution is 7.99. The van der Waals surface area contributed by atoms with E-state index < -0.39 is 4.92 Å². The van der Waals surface area contributed by atoms with E-state index >= 15 is 0 Å². The van der Waals surface area contributed by atoms with Gasteiger partial charge in [0.15, 0.2) is 5.03 Å². The number of hydrogen-bond donors (Lipinski definition) is 1. The Morgan fingerprint density at radius 2 is 1.87 bits per heavy atom. The van der Waals surface area contributed by atoms with Gasteiger partial charge in [-0.2, -0.15) is 0 Å². The summed E-state index contributed by atoms with van der Waals surface area (Å²) in [5.41, 5.74) is 0. The van der Waals surface area contributed by atoms with Gasteiger partial charge in [0.25, 0.3) is 0 Å². The van der Waals surface area contributed by atoms with Crippen LogP contribution in [0, 0.1) is 10.1 Å². The summed E-state index contributed by atoms with van der Waals surface area (Å²) in [5, 5.41) is 11.2. The zero-order valence-electron chi connectivity index (χ0n) is 7.71. The van der Waals surface area contributed by atoms with Gasteiger partial charge in [-0.25, -0.2) is 4.98 Å². The molecule has 0 amide bonds. The number of rotatable bonds is 3. The molecule has 5 heteroatoms. The number of aromatic nitrogens is 1. The number of nitro groups is 1. The number of aromatic amines is 1. The SMILES string of the molecule is O=[N+]([O-])c1ccc(Sc2ccccc2)[nH]1. The minimum atomic E-state index is -0.435. The van der Waals surface area contributed by atoms with Gasteiger partial charge in [0.1, 0.15) is 0 Å². The zero-order valence-corrected chi connectivity index (χ0v) is 8.53. The van der Waals surface area contributed by atoms with Crippen molar-refractivity contribution in [1.29, 1.82) is 0 Å². The van der Waals surface area contributed by atoms with Crippen molar-refractivity contribution in [3.63, 3.8) is 0 Å². The van der Waals surface area contributed by atoms with Gasteiger partial charge in [0.05, 0.1) is 0 Å². The maximum atomic E-state index is 10.4. The third-order valence-corrected chi connectivity index (χ3v) is 2.78. The van der Waals surface area contributed by atoms with Crippen molar-refractivity contribution >= 4 is 17.6 Å². The second kappa shape index (κ2) is 4.18. The first-order valence-corrected chi connectivity index (χ1v) is 5.13. The van der Waals surface area contributed by atoms with Crippen molar-refractivity contribution in [2.75, 3.05) is 0 Å². The van der Waals surface area contributed by atoms with Crippen LogP contribution in [-0.2, 0) is 0 Å². The van der Waals surface area contributed by atoms with Gasteiger partial charge in [-0.05, 0) is 28.8 Å². The Balaban J connectivity index is 2.15. The van der Waals surface area contributed by atoms with E-state index in [1.807, 2.05) is 30.3 Å². The van der Waals surface area contributed by atoms with E-state index in [2.05, 4.69) is 4.98 Å². The summed E-state index contributed by atoms with van der Waals surface area (Å²) in [6.45, 7) is 0.